The lowest BCUT2D eigenvalue weighted by Gasteiger charge is -2.30. The molecule has 0 aromatic heterocycles. The second-order valence-electron chi connectivity index (χ2n) is 6.93. The van der Waals surface area contributed by atoms with Crippen molar-refractivity contribution in [1.29, 1.82) is 0 Å². The van der Waals surface area contributed by atoms with Gasteiger partial charge in [0.2, 0.25) is 0 Å². The van der Waals surface area contributed by atoms with Gasteiger partial charge in [-0.1, -0.05) is 30.3 Å². The largest absolute Gasteiger partial charge is 0.495 e. The number of anilines is 2. The zero-order chi connectivity index (χ0) is 18.9. The summed E-state index contributed by atoms with van der Waals surface area (Å²) in [5.41, 5.74) is 3.98. The van der Waals surface area contributed by atoms with E-state index in [1.807, 2.05) is 12.1 Å². The Bertz CT molecular complexity index is 694. The molecule has 2 heterocycles. The van der Waals surface area contributed by atoms with E-state index in [0.717, 1.165) is 58.1 Å². The van der Waals surface area contributed by atoms with Crippen LogP contribution in [-0.2, 0) is 0 Å². The highest BCUT2D eigenvalue weighted by Crippen LogP contribution is 2.27. The van der Waals surface area contributed by atoms with Crippen LogP contribution in [0.4, 0.5) is 11.4 Å². The predicted molar refractivity (Wildman–Crippen MR) is 114 cm³/mol. The molecular formula is C22H32N4O. The number of methoxy groups -OCH3 is 1. The molecule has 2 aliphatic rings. The van der Waals surface area contributed by atoms with E-state index in [1.165, 1.54) is 16.9 Å². The Morgan fingerprint density at radius 1 is 0.704 bits per heavy atom. The number of rotatable bonds is 3. The highest BCUT2D eigenvalue weighted by molar-refractivity contribution is 5.58. The lowest BCUT2D eigenvalue weighted by molar-refractivity contribution is 0.413. The third-order valence-electron chi connectivity index (χ3n) is 5.12. The summed E-state index contributed by atoms with van der Waals surface area (Å²) < 4.78 is 5.34. The first-order valence-electron chi connectivity index (χ1n) is 9.89. The molecule has 0 unspecified atom stereocenters. The Labute approximate surface area is 163 Å². The molecule has 4 rings (SSSR count). The Morgan fingerprint density at radius 2 is 1.19 bits per heavy atom. The number of benzene rings is 2. The van der Waals surface area contributed by atoms with Gasteiger partial charge in [0, 0.05) is 58.0 Å². The number of hydrogen-bond acceptors (Lipinski definition) is 5. The lowest BCUT2D eigenvalue weighted by Crippen LogP contribution is -2.43. The van der Waals surface area contributed by atoms with E-state index in [2.05, 4.69) is 63.8 Å². The van der Waals surface area contributed by atoms with E-state index in [4.69, 9.17) is 4.74 Å². The van der Waals surface area contributed by atoms with Crippen LogP contribution in [0.25, 0.3) is 0 Å². The average molecular weight is 369 g/mol. The second kappa shape index (κ2) is 10.2. The van der Waals surface area contributed by atoms with Crippen molar-refractivity contribution in [3.05, 3.63) is 54.1 Å². The quantitative estimate of drug-likeness (QED) is 0.871. The molecule has 0 saturated carbocycles. The molecule has 5 nitrogen and oxygen atoms in total. The minimum atomic E-state index is 0.967. The fourth-order valence-corrected chi connectivity index (χ4v) is 3.62. The van der Waals surface area contributed by atoms with Gasteiger partial charge in [-0.2, -0.15) is 0 Å². The predicted octanol–water partition coefficient (Wildman–Crippen LogP) is 2.51. The second-order valence-corrected chi connectivity index (χ2v) is 6.93. The topological polar surface area (TPSA) is 39.8 Å². The van der Waals surface area contributed by atoms with E-state index in [1.54, 1.807) is 7.11 Å². The van der Waals surface area contributed by atoms with Gasteiger partial charge in [0.25, 0.3) is 0 Å². The van der Waals surface area contributed by atoms with E-state index in [0.29, 0.717) is 0 Å². The molecule has 2 aromatic rings. The minimum Gasteiger partial charge on any atom is -0.495 e. The number of ether oxygens (including phenoxy) is 1. The molecule has 0 radical (unpaired) electrons. The molecule has 0 bridgehead atoms. The first-order chi connectivity index (χ1) is 13.3. The third-order valence-corrected chi connectivity index (χ3v) is 5.12. The van der Waals surface area contributed by atoms with Crippen molar-refractivity contribution in [2.24, 2.45) is 0 Å². The van der Waals surface area contributed by atoms with E-state index >= 15 is 0 Å². The first kappa shape index (κ1) is 19.5. The van der Waals surface area contributed by atoms with E-state index in [-0.39, 0.29) is 0 Å². The number of piperazine rings is 2. The molecule has 2 aromatic carbocycles. The van der Waals surface area contributed by atoms with Crippen molar-refractivity contribution in [3.63, 3.8) is 0 Å². The number of nitrogens with zero attached hydrogens (tertiary/aromatic N) is 2. The Kier molecular flexibility index (Phi) is 7.36. The molecule has 2 N–H and O–H groups in total. The number of aryl methyl sites for hydroxylation is 1. The molecule has 2 saturated heterocycles. The fourth-order valence-electron chi connectivity index (χ4n) is 3.62. The van der Waals surface area contributed by atoms with Crippen LogP contribution in [-0.4, -0.2) is 59.5 Å². The molecule has 0 spiro atoms. The Balaban J connectivity index is 0.000000156. The molecule has 0 amide bonds. The van der Waals surface area contributed by atoms with Crippen molar-refractivity contribution in [3.8, 4) is 5.75 Å². The maximum atomic E-state index is 5.34. The van der Waals surface area contributed by atoms with Gasteiger partial charge in [0.1, 0.15) is 5.75 Å². The van der Waals surface area contributed by atoms with E-state index < -0.39 is 0 Å². The van der Waals surface area contributed by atoms with Crippen molar-refractivity contribution >= 4 is 11.4 Å². The molecular weight excluding hydrogens is 336 g/mol. The van der Waals surface area contributed by atoms with Gasteiger partial charge in [-0.3, -0.25) is 0 Å². The van der Waals surface area contributed by atoms with Crippen molar-refractivity contribution in [1.82, 2.24) is 10.6 Å². The molecule has 0 atom stereocenters. The molecule has 0 aliphatic carbocycles. The number of para-hydroxylation sites is 3. The minimum absolute atomic E-state index is 0.967. The highest BCUT2D eigenvalue weighted by Gasteiger charge is 2.13. The third kappa shape index (κ3) is 5.37. The van der Waals surface area contributed by atoms with Gasteiger partial charge in [0.05, 0.1) is 12.8 Å². The van der Waals surface area contributed by atoms with Crippen LogP contribution in [0.15, 0.2) is 48.5 Å². The van der Waals surface area contributed by atoms with Gasteiger partial charge < -0.3 is 25.2 Å². The Morgan fingerprint density at radius 3 is 1.74 bits per heavy atom. The Hall–Kier alpha value is -2.24. The highest BCUT2D eigenvalue weighted by atomic mass is 16.5. The summed E-state index contributed by atoms with van der Waals surface area (Å²) >= 11 is 0. The summed E-state index contributed by atoms with van der Waals surface area (Å²) in [7, 11) is 1.72. The van der Waals surface area contributed by atoms with Gasteiger partial charge in [0.15, 0.2) is 0 Å². The zero-order valence-corrected chi connectivity index (χ0v) is 16.6. The zero-order valence-electron chi connectivity index (χ0n) is 16.6. The normalized spacial score (nSPS) is 17.1. The summed E-state index contributed by atoms with van der Waals surface area (Å²) in [6.45, 7) is 10.9. The fraction of sp³-hybridized carbons (Fsp3) is 0.455. The number of nitrogens with one attached hydrogen (secondary N) is 2. The summed E-state index contributed by atoms with van der Waals surface area (Å²) in [6, 6.07) is 16.8. The molecule has 2 aliphatic heterocycles. The van der Waals surface area contributed by atoms with Crippen LogP contribution in [0, 0.1) is 6.92 Å². The summed E-state index contributed by atoms with van der Waals surface area (Å²) in [4.78, 5) is 4.81. The standard InChI is InChI=1S/C11H16N2O.C11H16N2/c1-14-11-5-3-2-4-10(11)13-8-6-12-7-9-13;1-10-4-2-3-5-11(10)13-8-6-12-7-9-13/h2-5,12H,6-9H2,1H3;2-5,12H,6-9H2,1H3. The van der Waals surface area contributed by atoms with Crippen LogP contribution in [0.5, 0.6) is 5.75 Å². The van der Waals surface area contributed by atoms with Crippen LogP contribution >= 0.6 is 0 Å². The van der Waals surface area contributed by atoms with Gasteiger partial charge in [-0.25, -0.2) is 0 Å². The molecule has 146 valence electrons. The van der Waals surface area contributed by atoms with Crippen molar-refractivity contribution < 1.29 is 4.74 Å². The van der Waals surface area contributed by atoms with Gasteiger partial charge in [-0.15, -0.1) is 0 Å². The van der Waals surface area contributed by atoms with Crippen LogP contribution in [0.2, 0.25) is 0 Å². The molecule has 27 heavy (non-hydrogen) atoms. The number of hydrogen-bond donors (Lipinski definition) is 2. The molecule has 2 fully saturated rings. The SMILES string of the molecule is COc1ccccc1N1CCNCC1.Cc1ccccc1N1CCNCC1. The van der Waals surface area contributed by atoms with Gasteiger partial charge in [-0.05, 0) is 30.7 Å². The first-order valence-corrected chi connectivity index (χ1v) is 9.89. The summed E-state index contributed by atoms with van der Waals surface area (Å²) in [6.07, 6.45) is 0. The van der Waals surface area contributed by atoms with Crippen LogP contribution in [0.3, 0.4) is 0 Å². The van der Waals surface area contributed by atoms with Crippen molar-refractivity contribution in [2.45, 2.75) is 6.92 Å². The smallest absolute Gasteiger partial charge is 0.142 e. The van der Waals surface area contributed by atoms with Crippen molar-refractivity contribution in [2.75, 3.05) is 69.3 Å². The van der Waals surface area contributed by atoms with Gasteiger partial charge >= 0.3 is 0 Å². The maximum Gasteiger partial charge on any atom is 0.142 e. The average Bonchev–Trinajstić information content (AvgIpc) is 2.76. The van der Waals surface area contributed by atoms with E-state index in [9.17, 15) is 0 Å². The summed E-state index contributed by atoms with van der Waals surface area (Å²) in [5, 5.41) is 6.70. The van der Waals surface area contributed by atoms with Crippen LogP contribution in [0.1, 0.15) is 5.56 Å². The summed E-state index contributed by atoms with van der Waals surface area (Å²) in [5.74, 6) is 0.967. The van der Waals surface area contributed by atoms with Crippen LogP contribution < -0.4 is 25.2 Å². The monoisotopic (exact) mass is 368 g/mol. The maximum absolute atomic E-state index is 5.34. The molecule has 5 heteroatoms. The lowest BCUT2D eigenvalue weighted by atomic mass is 10.1.